The minimum atomic E-state index is -0.381. The van der Waals surface area contributed by atoms with E-state index in [2.05, 4.69) is 29.7 Å². The van der Waals surface area contributed by atoms with E-state index in [1.165, 1.54) is 5.56 Å². The SMILES string of the molecule is Cc1ccccc1COc1cccc(CC(=O)NCC2CNCC2O)c1. The van der Waals surface area contributed by atoms with Gasteiger partial charge in [0.1, 0.15) is 12.4 Å². The zero-order valence-corrected chi connectivity index (χ0v) is 15.1. The van der Waals surface area contributed by atoms with Crippen molar-refractivity contribution in [2.75, 3.05) is 19.6 Å². The molecular formula is C21H26N2O3. The molecule has 5 nitrogen and oxygen atoms in total. The van der Waals surface area contributed by atoms with E-state index in [0.717, 1.165) is 23.4 Å². The molecule has 1 aliphatic heterocycles. The van der Waals surface area contributed by atoms with Gasteiger partial charge in [0.05, 0.1) is 12.5 Å². The van der Waals surface area contributed by atoms with Crippen LogP contribution in [-0.4, -0.2) is 36.8 Å². The number of carbonyl (C=O) groups excluding carboxylic acids is 1. The summed E-state index contributed by atoms with van der Waals surface area (Å²) >= 11 is 0. The van der Waals surface area contributed by atoms with E-state index in [9.17, 15) is 9.90 Å². The molecule has 2 atom stereocenters. The molecule has 0 spiro atoms. The van der Waals surface area contributed by atoms with Gasteiger partial charge in [-0.1, -0.05) is 36.4 Å². The molecule has 3 rings (SSSR count). The van der Waals surface area contributed by atoms with Gasteiger partial charge in [-0.2, -0.15) is 0 Å². The van der Waals surface area contributed by atoms with Crippen molar-refractivity contribution >= 4 is 5.91 Å². The number of hydrogen-bond acceptors (Lipinski definition) is 4. The Morgan fingerprint density at radius 2 is 2.08 bits per heavy atom. The number of benzene rings is 2. The van der Waals surface area contributed by atoms with Crippen molar-refractivity contribution < 1.29 is 14.6 Å². The molecular weight excluding hydrogens is 328 g/mol. The quantitative estimate of drug-likeness (QED) is 0.709. The van der Waals surface area contributed by atoms with Crippen LogP contribution in [0.25, 0.3) is 0 Å². The van der Waals surface area contributed by atoms with Crippen LogP contribution in [0.3, 0.4) is 0 Å². The van der Waals surface area contributed by atoms with E-state index < -0.39 is 0 Å². The van der Waals surface area contributed by atoms with Crippen LogP contribution in [0.4, 0.5) is 0 Å². The van der Waals surface area contributed by atoms with E-state index in [0.29, 0.717) is 26.1 Å². The summed E-state index contributed by atoms with van der Waals surface area (Å²) in [4.78, 5) is 12.2. The van der Waals surface area contributed by atoms with Crippen LogP contribution in [0, 0.1) is 12.8 Å². The van der Waals surface area contributed by atoms with E-state index >= 15 is 0 Å². The second-order valence-corrected chi connectivity index (χ2v) is 6.83. The summed E-state index contributed by atoms with van der Waals surface area (Å²) in [6.07, 6.45) is -0.0777. The summed E-state index contributed by atoms with van der Waals surface area (Å²) in [6, 6.07) is 15.8. The van der Waals surface area contributed by atoms with Crippen molar-refractivity contribution in [1.29, 1.82) is 0 Å². The molecule has 1 saturated heterocycles. The molecule has 1 aliphatic rings. The van der Waals surface area contributed by atoms with Crippen LogP contribution in [-0.2, 0) is 17.8 Å². The number of rotatable bonds is 7. The summed E-state index contributed by atoms with van der Waals surface area (Å²) in [6.45, 7) is 4.41. The normalized spacial score (nSPS) is 19.3. The van der Waals surface area contributed by atoms with Crippen LogP contribution < -0.4 is 15.4 Å². The zero-order chi connectivity index (χ0) is 18.4. The molecule has 2 aromatic carbocycles. The molecule has 0 bridgehead atoms. The van der Waals surface area contributed by atoms with E-state index in [-0.39, 0.29) is 17.9 Å². The van der Waals surface area contributed by atoms with Crippen LogP contribution in [0.15, 0.2) is 48.5 Å². The van der Waals surface area contributed by atoms with Crippen molar-refractivity contribution in [2.24, 2.45) is 5.92 Å². The summed E-state index contributed by atoms with van der Waals surface area (Å²) < 4.78 is 5.88. The summed E-state index contributed by atoms with van der Waals surface area (Å²) in [5.41, 5.74) is 3.26. The first-order chi connectivity index (χ1) is 12.6. The van der Waals surface area contributed by atoms with Gasteiger partial charge in [0, 0.05) is 25.6 Å². The van der Waals surface area contributed by atoms with Crippen LogP contribution in [0.1, 0.15) is 16.7 Å². The Morgan fingerprint density at radius 3 is 2.85 bits per heavy atom. The Kier molecular flexibility index (Phi) is 6.26. The smallest absolute Gasteiger partial charge is 0.224 e. The number of aryl methyl sites for hydroxylation is 1. The molecule has 0 saturated carbocycles. The lowest BCUT2D eigenvalue weighted by atomic mass is 10.1. The van der Waals surface area contributed by atoms with Gasteiger partial charge in [0.15, 0.2) is 0 Å². The predicted molar refractivity (Wildman–Crippen MR) is 101 cm³/mol. The Balaban J connectivity index is 1.50. The Hall–Kier alpha value is -2.37. The van der Waals surface area contributed by atoms with Crippen molar-refractivity contribution in [2.45, 2.75) is 26.1 Å². The summed E-state index contributed by atoms with van der Waals surface area (Å²) in [5.74, 6) is 0.803. The summed E-state index contributed by atoms with van der Waals surface area (Å²) in [5, 5.41) is 15.8. The highest BCUT2D eigenvalue weighted by atomic mass is 16.5. The Labute approximate surface area is 154 Å². The number of amides is 1. The van der Waals surface area contributed by atoms with Gasteiger partial charge in [-0.15, -0.1) is 0 Å². The van der Waals surface area contributed by atoms with Gasteiger partial charge < -0.3 is 20.5 Å². The van der Waals surface area contributed by atoms with Gasteiger partial charge in [0.25, 0.3) is 0 Å². The lowest BCUT2D eigenvalue weighted by Gasteiger charge is -2.14. The van der Waals surface area contributed by atoms with Gasteiger partial charge in [-0.3, -0.25) is 4.79 Å². The molecule has 1 fully saturated rings. The number of β-amino-alcohol motifs (C(OH)–C–C–N with tert-alkyl or cyclic N) is 1. The molecule has 2 unspecified atom stereocenters. The van der Waals surface area contributed by atoms with Crippen LogP contribution >= 0.6 is 0 Å². The number of carbonyl (C=O) groups is 1. The number of aliphatic hydroxyl groups excluding tert-OH is 1. The fraction of sp³-hybridized carbons (Fsp3) is 0.381. The fourth-order valence-electron chi connectivity index (χ4n) is 3.10. The van der Waals surface area contributed by atoms with Crippen LogP contribution in [0.5, 0.6) is 5.75 Å². The largest absolute Gasteiger partial charge is 0.489 e. The Bertz CT molecular complexity index is 748. The number of aliphatic hydroxyl groups is 1. The number of ether oxygens (including phenoxy) is 1. The molecule has 1 amide bonds. The molecule has 0 aromatic heterocycles. The second kappa shape index (κ2) is 8.83. The molecule has 2 aromatic rings. The minimum Gasteiger partial charge on any atom is -0.489 e. The average molecular weight is 354 g/mol. The van der Waals surface area contributed by atoms with E-state index in [1.807, 2.05) is 36.4 Å². The maximum atomic E-state index is 12.2. The molecule has 1 heterocycles. The first-order valence-corrected chi connectivity index (χ1v) is 9.03. The van der Waals surface area contributed by atoms with E-state index in [1.54, 1.807) is 0 Å². The standard InChI is InChI=1S/C21H26N2O3/c1-15-5-2-3-7-17(15)14-26-19-8-4-6-16(9-19)10-21(25)23-12-18-11-22-13-20(18)24/h2-9,18,20,22,24H,10-14H2,1H3,(H,23,25). The third kappa shape index (κ3) is 5.07. The lowest BCUT2D eigenvalue weighted by Crippen LogP contribution is -2.35. The molecule has 0 radical (unpaired) electrons. The van der Waals surface area contributed by atoms with E-state index in [4.69, 9.17) is 4.74 Å². The van der Waals surface area contributed by atoms with Gasteiger partial charge in [0.2, 0.25) is 5.91 Å². The summed E-state index contributed by atoms with van der Waals surface area (Å²) in [7, 11) is 0. The maximum absolute atomic E-state index is 12.2. The van der Waals surface area contributed by atoms with Gasteiger partial charge >= 0.3 is 0 Å². The minimum absolute atomic E-state index is 0.0415. The molecule has 3 N–H and O–H groups in total. The first kappa shape index (κ1) is 18.4. The zero-order valence-electron chi connectivity index (χ0n) is 15.1. The highest BCUT2D eigenvalue weighted by molar-refractivity contribution is 5.78. The first-order valence-electron chi connectivity index (χ1n) is 9.03. The third-order valence-electron chi connectivity index (χ3n) is 4.78. The maximum Gasteiger partial charge on any atom is 0.224 e. The highest BCUT2D eigenvalue weighted by Gasteiger charge is 2.24. The van der Waals surface area contributed by atoms with Crippen LogP contribution in [0.2, 0.25) is 0 Å². The monoisotopic (exact) mass is 354 g/mol. The van der Waals surface area contributed by atoms with Crippen molar-refractivity contribution in [3.8, 4) is 5.75 Å². The second-order valence-electron chi connectivity index (χ2n) is 6.83. The highest BCUT2D eigenvalue weighted by Crippen LogP contribution is 2.17. The van der Waals surface area contributed by atoms with Gasteiger partial charge in [-0.25, -0.2) is 0 Å². The third-order valence-corrected chi connectivity index (χ3v) is 4.78. The van der Waals surface area contributed by atoms with Crippen molar-refractivity contribution in [1.82, 2.24) is 10.6 Å². The average Bonchev–Trinajstić information content (AvgIpc) is 3.05. The molecule has 5 heteroatoms. The Morgan fingerprint density at radius 1 is 1.23 bits per heavy atom. The molecule has 0 aliphatic carbocycles. The fourth-order valence-corrected chi connectivity index (χ4v) is 3.10. The van der Waals surface area contributed by atoms with Gasteiger partial charge in [-0.05, 0) is 35.7 Å². The number of nitrogens with one attached hydrogen (secondary N) is 2. The van der Waals surface area contributed by atoms with Crippen molar-refractivity contribution in [3.05, 3.63) is 65.2 Å². The van der Waals surface area contributed by atoms with Crippen molar-refractivity contribution in [3.63, 3.8) is 0 Å². The number of hydrogen-bond donors (Lipinski definition) is 3. The molecule has 26 heavy (non-hydrogen) atoms. The lowest BCUT2D eigenvalue weighted by molar-refractivity contribution is -0.120. The predicted octanol–water partition coefficient (Wildman–Crippen LogP) is 1.81. The molecule has 138 valence electrons. The topological polar surface area (TPSA) is 70.6 Å².